The molecule has 2 aliphatic heterocycles. The fourth-order valence-electron chi connectivity index (χ4n) is 3.84. The number of fused-ring (bicyclic) bond motifs is 1. The van der Waals surface area contributed by atoms with E-state index < -0.39 is 0 Å². The number of benzene rings is 2. The summed E-state index contributed by atoms with van der Waals surface area (Å²) < 4.78 is 21.7. The maximum atomic E-state index is 5.55. The van der Waals surface area contributed by atoms with Crippen molar-refractivity contribution < 1.29 is 18.9 Å². The van der Waals surface area contributed by atoms with Crippen LogP contribution in [0.1, 0.15) is 17.5 Å². The van der Waals surface area contributed by atoms with Gasteiger partial charge in [-0.1, -0.05) is 12.1 Å². The lowest BCUT2D eigenvalue weighted by Crippen LogP contribution is -2.21. The maximum Gasteiger partial charge on any atom is 0.231 e. The molecule has 1 saturated heterocycles. The normalized spacial score (nSPS) is 18.9. The molecular formula is C21H25NO4. The minimum Gasteiger partial charge on any atom is -0.497 e. The molecule has 138 valence electrons. The van der Waals surface area contributed by atoms with Crippen molar-refractivity contribution in [2.45, 2.75) is 19.4 Å². The Kier molecular flexibility index (Phi) is 4.89. The molecule has 0 saturated carbocycles. The van der Waals surface area contributed by atoms with Gasteiger partial charge in [0.25, 0.3) is 0 Å². The topological polar surface area (TPSA) is 40.2 Å². The van der Waals surface area contributed by atoms with Crippen LogP contribution in [0.15, 0.2) is 36.4 Å². The summed E-state index contributed by atoms with van der Waals surface area (Å²) in [7, 11) is 3.41. The highest BCUT2D eigenvalue weighted by atomic mass is 16.7. The number of nitrogens with zero attached hydrogens (tertiary/aromatic N) is 1. The van der Waals surface area contributed by atoms with Gasteiger partial charge >= 0.3 is 0 Å². The Morgan fingerprint density at radius 2 is 1.81 bits per heavy atom. The van der Waals surface area contributed by atoms with Crippen molar-refractivity contribution in [2.75, 3.05) is 34.1 Å². The summed E-state index contributed by atoms with van der Waals surface area (Å²) >= 11 is 0. The van der Waals surface area contributed by atoms with Crippen LogP contribution in [0.5, 0.6) is 23.0 Å². The van der Waals surface area contributed by atoms with E-state index in [0.717, 1.165) is 54.6 Å². The first-order chi connectivity index (χ1) is 12.7. The van der Waals surface area contributed by atoms with E-state index in [9.17, 15) is 0 Å². The number of methoxy groups -OCH3 is 2. The quantitative estimate of drug-likeness (QED) is 0.793. The van der Waals surface area contributed by atoms with Crippen LogP contribution in [0.25, 0.3) is 0 Å². The Balaban J connectivity index is 1.38. The summed E-state index contributed by atoms with van der Waals surface area (Å²) in [5.41, 5.74) is 2.53. The van der Waals surface area contributed by atoms with E-state index in [2.05, 4.69) is 23.1 Å². The second-order valence-corrected chi connectivity index (χ2v) is 6.96. The monoisotopic (exact) mass is 355 g/mol. The molecule has 2 heterocycles. The molecule has 0 amide bonds. The number of likely N-dealkylation sites (tertiary alicyclic amines) is 1. The summed E-state index contributed by atoms with van der Waals surface area (Å²) in [6, 6.07) is 12.4. The van der Waals surface area contributed by atoms with Gasteiger partial charge in [0.1, 0.15) is 11.5 Å². The van der Waals surface area contributed by atoms with E-state index in [-0.39, 0.29) is 6.79 Å². The molecule has 2 aromatic rings. The zero-order valence-corrected chi connectivity index (χ0v) is 15.4. The van der Waals surface area contributed by atoms with Crippen LogP contribution >= 0.6 is 0 Å². The zero-order chi connectivity index (χ0) is 17.9. The molecule has 4 rings (SSSR count). The van der Waals surface area contributed by atoms with Gasteiger partial charge in [-0.2, -0.15) is 0 Å². The third-order valence-corrected chi connectivity index (χ3v) is 5.22. The van der Waals surface area contributed by atoms with Crippen LogP contribution in [-0.4, -0.2) is 39.0 Å². The van der Waals surface area contributed by atoms with Crippen LogP contribution in [0, 0.1) is 5.92 Å². The second kappa shape index (κ2) is 7.46. The minimum absolute atomic E-state index is 0.287. The van der Waals surface area contributed by atoms with E-state index in [1.807, 2.05) is 18.2 Å². The summed E-state index contributed by atoms with van der Waals surface area (Å²) in [6.45, 7) is 3.37. The van der Waals surface area contributed by atoms with Crippen LogP contribution in [-0.2, 0) is 13.0 Å². The lowest BCUT2D eigenvalue weighted by molar-refractivity contribution is 0.174. The van der Waals surface area contributed by atoms with Gasteiger partial charge in [0.2, 0.25) is 6.79 Å². The Labute approximate surface area is 154 Å². The van der Waals surface area contributed by atoms with Crippen LogP contribution in [0.4, 0.5) is 0 Å². The molecule has 0 N–H and O–H groups in total. The van der Waals surface area contributed by atoms with E-state index in [1.54, 1.807) is 14.2 Å². The summed E-state index contributed by atoms with van der Waals surface area (Å²) in [6.07, 6.45) is 2.33. The predicted molar refractivity (Wildman–Crippen MR) is 99.2 cm³/mol. The maximum absolute atomic E-state index is 5.55. The largest absolute Gasteiger partial charge is 0.497 e. The standard InChI is InChI=1S/C21H25NO4/c1-23-18-5-3-15(4-6-18)9-16-7-8-22(12-16)13-17-10-20-21(26-14-25-20)11-19(17)24-2/h3-6,10-11,16H,7-9,12-14H2,1-2H3. The SMILES string of the molecule is COc1ccc(CC2CCN(Cc3cc4c(cc3OC)OCO4)C2)cc1. The number of rotatable bonds is 6. The van der Waals surface area contributed by atoms with Gasteiger partial charge in [-0.25, -0.2) is 0 Å². The number of hydrogen-bond donors (Lipinski definition) is 0. The average molecular weight is 355 g/mol. The van der Waals surface area contributed by atoms with Crippen molar-refractivity contribution in [3.63, 3.8) is 0 Å². The van der Waals surface area contributed by atoms with E-state index in [4.69, 9.17) is 18.9 Å². The third-order valence-electron chi connectivity index (χ3n) is 5.22. The van der Waals surface area contributed by atoms with Crippen LogP contribution in [0.2, 0.25) is 0 Å². The average Bonchev–Trinajstić information content (AvgIpc) is 3.30. The van der Waals surface area contributed by atoms with Gasteiger partial charge < -0.3 is 18.9 Å². The molecule has 0 aliphatic carbocycles. The molecule has 0 spiro atoms. The predicted octanol–water partition coefficient (Wildman–Crippen LogP) is 3.50. The van der Waals surface area contributed by atoms with Crippen molar-refractivity contribution >= 4 is 0 Å². The summed E-state index contributed by atoms with van der Waals surface area (Å²) in [5, 5.41) is 0. The minimum atomic E-state index is 0.287. The Morgan fingerprint density at radius 3 is 2.54 bits per heavy atom. The van der Waals surface area contributed by atoms with Gasteiger partial charge in [-0.3, -0.25) is 4.90 Å². The summed E-state index contributed by atoms with van der Waals surface area (Å²) in [5.74, 6) is 4.05. The molecule has 1 atom stereocenters. The molecule has 26 heavy (non-hydrogen) atoms. The molecule has 2 aromatic carbocycles. The van der Waals surface area contributed by atoms with Gasteiger partial charge in [0.15, 0.2) is 11.5 Å². The van der Waals surface area contributed by atoms with Crippen molar-refractivity contribution in [3.05, 3.63) is 47.5 Å². The first-order valence-electron chi connectivity index (χ1n) is 9.07. The van der Waals surface area contributed by atoms with E-state index >= 15 is 0 Å². The lowest BCUT2D eigenvalue weighted by Gasteiger charge is -2.18. The van der Waals surface area contributed by atoms with Gasteiger partial charge in [-0.15, -0.1) is 0 Å². The number of ether oxygens (including phenoxy) is 4. The van der Waals surface area contributed by atoms with E-state index in [1.165, 1.54) is 12.0 Å². The molecule has 1 unspecified atom stereocenters. The van der Waals surface area contributed by atoms with Crippen molar-refractivity contribution in [1.82, 2.24) is 4.90 Å². The van der Waals surface area contributed by atoms with Crippen LogP contribution < -0.4 is 18.9 Å². The Hall–Kier alpha value is -2.40. The van der Waals surface area contributed by atoms with Gasteiger partial charge in [0.05, 0.1) is 14.2 Å². The van der Waals surface area contributed by atoms with Crippen LogP contribution in [0.3, 0.4) is 0 Å². The van der Waals surface area contributed by atoms with Gasteiger partial charge in [-0.05, 0) is 49.1 Å². The summed E-state index contributed by atoms with van der Waals surface area (Å²) in [4.78, 5) is 2.49. The molecule has 2 aliphatic rings. The Morgan fingerprint density at radius 1 is 1.04 bits per heavy atom. The molecule has 5 nitrogen and oxygen atoms in total. The lowest BCUT2D eigenvalue weighted by atomic mass is 9.99. The molecule has 1 fully saturated rings. The molecular weight excluding hydrogens is 330 g/mol. The second-order valence-electron chi connectivity index (χ2n) is 6.96. The molecule has 0 aromatic heterocycles. The first-order valence-corrected chi connectivity index (χ1v) is 9.07. The Bertz CT molecular complexity index is 759. The van der Waals surface area contributed by atoms with Crippen molar-refractivity contribution in [1.29, 1.82) is 0 Å². The first kappa shape index (κ1) is 17.0. The number of hydrogen-bond acceptors (Lipinski definition) is 5. The molecule has 0 radical (unpaired) electrons. The molecule has 0 bridgehead atoms. The third kappa shape index (κ3) is 3.58. The van der Waals surface area contributed by atoms with E-state index in [0.29, 0.717) is 5.92 Å². The molecule has 5 heteroatoms. The zero-order valence-electron chi connectivity index (χ0n) is 15.4. The highest BCUT2D eigenvalue weighted by Gasteiger charge is 2.25. The van der Waals surface area contributed by atoms with Gasteiger partial charge in [0, 0.05) is 24.7 Å². The smallest absolute Gasteiger partial charge is 0.231 e. The van der Waals surface area contributed by atoms with Crippen molar-refractivity contribution in [2.24, 2.45) is 5.92 Å². The van der Waals surface area contributed by atoms with Crippen molar-refractivity contribution in [3.8, 4) is 23.0 Å². The highest BCUT2D eigenvalue weighted by Crippen LogP contribution is 2.39. The fourth-order valence-corrected chi connectivity index (χ4v) is 3.84. The highest BCUT2D eigenvalue weighted by molar-refractivity contribution is 5.51. The fraction of sp³-hybridized carbons (Fsp3) is 0.429.